The fourth-order valence-electron chi connectivity index (χ4n) is 5.06. The van der Waals surface area contributed by atoms with Crippen LogP contribution in [0.2, 0.25) is 0 Å². The molecular formula is C24H23F2N3O. The van der Waals surface area contributed by atoms with Crippen LogP contribution in [0, 0.1) is 11.6 Å². The number of aromatic nitrogens is 1. The predicted molar refractivity (Wildman–Crippen MR) is 112 cm³/mol. The van der Waals surface area contributed by atoms with Gasteiger partial charge in [0, 0.05) is 29.4 Å². The SMILES string of the molecule is O=C(Nc1ccc(F)cc1)N1CCC12CCC(c1ccnc3ccc(F)cc13)CC2. The van der Waals surface area contributed by atoms with Gasteiger partial charge in [-0.15, -0.1) is 0 Å². The monoisotopic (exact) mass is 407 g/mol. The molecule has 2 aromatic carbocycles. The number of likely N-dealkylation sites (tertiary alicyclic amines) is 1. The second kappa shape index (κ2) is 7.35. The smallest absolute Gasteiger partial charge is 0.319 e. The molecule has 1 spiro atoms. The molecule has 0 bridgehead atoms. The minimum absolute atomic E-state index is 0.102. The molecule has 30 heavy (non-hydrogen) atoms. The van der Waals surface area contributed by atoms with Crippen LogP contribution >= 0.6 is 0 Å². The number of hydrogen-bond donors (Lipinski definition) is 1. The van der Waals surface area contributed by atoms with Crippen LogP contribution in [0.25, 0.3) is 10.9 Å². The molecule has 2 aliphatic rings. The molecule has 1 aromatic heterocycles. The second-order valence-electron chi connectivity index (χ2n) is 8.40. The summed E-state index contributed by atoms with van der Waals surface area (Å²) in [6, 6.07) is 12.5. The van der Waals surface area contributed by atoms with Gasteiger partial charge in [-0.05, 0) is 92.1 Å². The first-order valence-corrected chi connectivity index (χ1v) is 10.4. The number of rotatable bonds is 2. The van der Waals surface area contributed by atoms with Crippen LogP contribution < -0.4 is 5.32 Å². The normalized spacial score (nSPS) is 23.4. The molecule has 2 fully saturated rings. The highest BCUT2D eigenvalue weighted by atomic mass is 19.1. The Hall–Kier alpha value is -3.02. The maximum Gasteiger partial charge on any atom is 0.322 e. The van der Waals surface area contributed by atoms with Gasteiger partial charge in [0.25, 0.3) is 0 Å². The zero-order valence-electron chi connectivity index (χ0n) is 16.6. The van der Waals surface area contributed by atoms with Crippen LogP contribution in [0.1, 0.15) is 43.6 Å². The van der Waals surface area contributed by atoms with Crippen molar-refractivity contribution in [3.05, 3.63) is 71.9 Å². The van der Waals surface area contributed by atoms with Gasteiger partial charge in [0.05, 0.1) is 5.52 Å². The average Bonchev–Trinajstić information content (AvgIpc) is 2.74. The number of fused-ring (bicyclic) bond motifs is 1. The van der Waals surface area contributed by atoms with E-state index in [9.17, 15) is 13.6 Å². The van der Waals surface area contributed by atoms with Crippen molar-refractivity contribution in [2.45, 2.75) is 43.6 Å². The van der Waals surface area contributed by atoms with Gasteiger partial charge in [-0.3, -0.25) is 4.98 Å². The number of nitrogens with zero attached hydrogens (tertiary/aromatic N) is 2. The number of anilines is 1. The van der Waals surface area contributed by atoms with Gasteiger partial charge in [0.1, 0.15) is 11.6 Å². The van der Waals surface area contributed by atoms with Crippen LogP contribution in [0.3, 0.4) is 0 Å². The Morgan fingerprint density at radius 2 is 1.73 bits per heavy atom. The number of benzene rings is 2. The highest BCUT2D eigenvalue weighted by Crippen LogP contribution is 2.48. The highest BCUT2D eigenvalue weighted by Gasteiger charge is 2.49. The lowest BCUT2D eigenvalue weighted by Crippen LogP contribution is -2.64. The van der Waals surface area contributed by atoms with Crippen molar-refractivity contribution < 1.29 is 13.6 Å². The van der Waals surface area contributed by atoms with Crippen molar-refractivity contribution in [3.8, 4) is 0 Å². The van der Waals surface area contributed by atoms with Crippen LogP contribution in [-0.2, 0) is 0 Å². The minimum atomic E-state index is -0.324. The Morgan fingerprint density at radius 3 is 2.43 bits per heavy atom. The lowest BCUT2D eigenvalue weighted by molar-refractivity contribution is -0.00399. The Morgan fingerprint density at radius 1 is 1.00 bits per heavy atom. The number of halogens is 2. The van der Waals surface area contributed by atoms with E-state index in [4.69, 9.17) is 0 Å². The van der Waals surface area contributed by atoms with Gasteiger partial charge in [-0.2, -0.15) is 0 Å². The fourth-order valence-corrected chi connectivity index (χ4v) is 5.06. The first-order valence-electron chi connectivity index (χ1n) is 10.4. The summed E-state index contributed by atoms with van der Waals surface area (Å²) in [7, 11) is 0. The summed E-state index contributed by atoms with van der Waals surface area (Å²) in [4.78, 5) is 19.1. The number of urea groups is 1. The molecule has 6 heteroatoms. The molecule has 1 aliphatic carbocycles. The number of pyridine rings is 1. The Labute approximate surface area is 173 Å². The van der Waals surface area contributed by atoms with Crippen molar-refractivity contribution >= 4 is 22.6 Å². The summed E-state index contributed by atoms with van der Waals surface area (Å²) in [5.41, 5.74) is 2.46. The van der Waals surface area contributed by atoms with Crippen molar-refractivity contribution in [2.24, 2.45) is 0 Å². The van der Waals surface area contributed by atoms with Crippen molar-refractivity contribution in [1.29, 1.82) is 0 Å². The number of carbonyl (C=O) groups is 1. The van der Waals surface area contributed by atoms with E-state index >= 15 is 0 Å². The van der Waals surface area contributed by atoms with Gasteiger partial charge in [-0.25, -0.2) is 13.6 Å². The first-order chi connectivity index (χ1) is 14.5. The van der Waals surface area contributed by atoms with Crippen LogP contribution in [0.15, 0.2) is 54.7 Å². The summed E-state index contributed by atoms with van der Waals surface area (Å²) >= 11 is 0. The Balaban J connectivity index is 1.29. The van der Waals surface area contributed by atoms with Gasteiger partial charge in [-0.1, -0.05) is 0 Å². The molecule has 2 heterocycles. The molecule has 1 saturated heterocycles. The molecule has 1 N–H and O–H groups in total. The zero-order chi connectivity index (χ0) is 20.7. The second-order valence-corrected chi connectivity index (χ2v) is 8.40. The van der Waals surface area contributed by atoms with Crippen LogP contribution in [-0.4, -0.2) is 28.0 Å². The van der Waals surface area contributed by atoms with Crippen LogP contribution in [0.5, 0.6) is 0 Å². The number of amides is 2. The molecule has 0 unspecified atom stereocenters. The summed E-state index contributed by atoms with van der Waals surface area (Å²) in [5.74, 6) is -0.229. The third kappa shape index (κ3) is 3.30. The van der Waals surface area contributed by atoms with Crippen molar-refractivity contribution in [1.82, 2.24) is 9.88 Å². The van der Waals surface area contributed by atoms with Gasteiger partial charge < -0.3 is 10.2 Å². The van der Waals surface area contributed by atoms with E-state index in [1.165, 1.54) is 18.2 Å². The Bertz CT molecular complexity index is 1090. The van der Waals surface area contributed by atoms with E-state index in [0.717, 1.165) is 55.1 Å². The summed E-state index contributed by atoms with van der Waals surface area (Å²) < 4.78 is 26.9. The summed E-state index contributed by atoms with van der Waals surface area (Å²) in [6.07, 6.45) is 6.56. The van der Waals surface area contributed by atoms with Gasteiger partial charge >= 0.3 is 6.03 Å². The van der Waals surface area contributed by atoms with E-state index in [1.54, 1.807) is 30.5 Å². The quantitative estimate of drug-likeness (QED) is 0.579. The molecule has 1 saturated carbocycles. The third-order valence-electron chi connectivity index (χ3n) is 6.81. The van der Waals surface area contributed by atoms with Crippen molar-refractivity contribution in [3.63, 3.8) is 0 Å². The zero-order valence-corrected chi connectivity index (χ0v) is 16.6. The number of nitrogens with one attached hydrogen (secondary N) is 1. The average molecular weight is 407 g/mol. The maximum atomic E-state index is 13.8. The van der Waals surface area contributed by atoms with Gasteiger partial charge in [0.15, 0.2) is 0 Å². The van der Waals surface area contributed by atoms with Gasteiger partial charge in [0.2, 0.25) is 0 Å². The molecule has 0 atom stereocenters. The Kier molecular flexibility index (Phi) is 4.65. The van der Waals surface area contributed by atoms with E-state index in [-0.39, 0.29) is 23.2 Å². The lowest BCUT2D eigenvalue weighted by atomic mass is 9.68. The molecule has 0 radical (unpaired) electrons. The topological polar surface area (TPSA) is 45.2 Å². The van der Waals surface area contributed by atoms with E-state index < -0.39 is 0 Å². The lowest BCUT2D eigenvalue weighted by Gasteiger charge is -2.56. The molecule has 5 rings (SSSR count). The highest BCUT2D eigenvalue weighted by molar-refractivity contribution is 5.90. The summed E-state index contributed by atoms with van der Waals surface area (Å²) in [6.45, 7) is 0.737. The number of hydrogen-bond acceptors (Lipinski definition) is 2. The third-order valence-corrected chi connectivity index (χ3v) is 6.81. The molecule has 2 amide bonds. The predicted octanol–water partition coefficient (Wildman–Crippen LogP) is 5.85. The minimum Gasteiger partial charge on any atom is -0.319 e. The van der Waals surface area contributed by atoms with E-state index in [1.807, 2.05) is 11.0 Å². The van der Waals surface area contributed by atoms with E-state index in [2.05, 4.69) is 10.3 Å². The first kappa shape index (κ1) is 19.0. The molecular weight excluding hydrogens is 384 g/mol. The van der Waals surface area contributed by atoms with Crippen LogP contribution in [0.4, 0.5) is 19.3 Å². The molecule has 4 nitrogen and oxygen atoms in total. The van der Waals surface area contributed by atoms with E-state index in [0.29, 0.717) is 11.6 Å². The number of carbonyl (C=O) groups excluding carboxylic acids is 1. The molecule has 1 aliphatic heterocycles. The standard InChI is InChI=1S/C24H23F2N3O/c25-17-1-4-19(5-2-17)28-23(30)29-14-12-24(29)10-7-16(8-11-24)20-9-13-27-22-6-3-18(26)15-21(20)22/h1-6,9,13,15-16H,7-8,10-12,14H2,(H,28,30). The summed E-state index contributed by atoms with van der Waals surface area (Å²) in [5, 5.41) is 3.77. The fraction of sp³-hybridized carbons (Fsp3) is 0.333. The van der Waals surface area contributed by atoms with Crippen molar-refractivity contribution in [2.75, 3.05) is 11.9 Å². The maximum absolute atomic E-state index is 13.8. The molecule has 154 valence electrons. The molecule has 3 aromatic rings. The largest absolute Gasteiger partial charge is 0.322 e.